The zero-order valence-electron chi connectivity index (χ0n) is 10.5. The smallest absolute Gasteiger partial charge is 0.260 e. The molecule has 0 bridgehead atoms. The number of amides is 1. The Bertz CT molecular complexity index is 684. The lowest BCUT2D eigenvalue weighted by Crippen LogP contribution is -2.35. The number of hydrogen-bond acceptors (Lipinski definition) is 3. The molecule has 20 heavy (non-hydrogen) atoms. The maximum absolute atomic E-state index is 12.7. The molecule has 0 saturated carbocycles. The van der Waals surface area contributed by atoms with E-state index in [1.54, 1.807) is 11.0 Å². The van der Waals surface area contributed by atoms with E-state index in [-0.39, 0.29) is 5.91 Å². The molecule has 1 aromatic carbocycles. The normalized spacial score (nSPS) is 14.2. The largest absolute Gasteiger partial charge is 0.398 e. The van der Waals surface area contributed by atoms with Gasteiger partial charge in [0.2, 0.25) is 0 Å². The molecular weight excluding hydrogens is 315 g/mol. The second-order valence-electron chi connectivity index (χ2n) is 4.64. The number of anilines is 2. The monoisotopic (exact) mass is 326 g/mol. The summed E-state index contributed by atoms with van der Waals surface area (Å²) in [5.74, 6) is -0.121. The van der Waals surface area contributed by atoms with Crippen LogP contribution in [0.1, 0.15) is 22.3 Å². The van der Waals surface area contributed by atoms with Gasteiger partial charge in [0, 0.05) is 17.9 Å². The summed E-state index contributed by atoms with van der Waals surface area (Å²) in [6.07, 6.45) is 1.78. The van der Waals surface area contributed by atoms with Crippen LogP contribution in [0.3, 0.4) is 0 Å². The van der Waals surface area contributed by atoms with Gasteiger partial charge in [0.15, 0.2) is 0 Å². The summed E-state index contributed by atoms with van der Waals surface area (Å²) >= 11 is 13.2. The number of nitrogens with zero attached hydrogens (tertiary/aromatic N) is 1. The Morgan fingerprint density at radius 1 is 1.35 bits per heavy atom. The van der Waals surface area contributed by atoms with Gasteiger partial charge in [0.05, 0.1) is 9.90 Å². The van der Waals surface area contributed by atoms with Crippen LogP contribution in [0.5, 0.6) is 0 Å². The van der Waals surface area contributed by atoms with Crippen molar-refractivity contribution in [3.63, 3.8) is 0 Å². The van der Waals surface area contributed by atoms with Crippen molar-refractivity contribution in [3.8, 4) is 0 Å². The molecule has 6 heteroatoms. The van der Waals surface area contributed by atoms with Gasteiger partial charge in [-0.2, -0.15) is 0 Å². The number of fused-ring (bicyclic) bond motifs is 1. The van der Waals surface area contributed by atoms with Crippen molar-refractivity contribution in [3.05, 3.63) is 44.1 Å². The Morgan fingerprint density at radius 2 is 2.15 bits per heavy atom. The molecule has 1 aliphatic rings. The third kappa shape index (κ3) is 2.28. The van der Waals surface area contributed by atoms with Gasteiger partial charge in [-0.1, -0.05) is 29.3 Å². The van der Waals surface area contributed by atoms with E-state index in [9.17, 15) is 4.79 Å². The second kappa shape index (κ2) is 5.28. The highest BCUT2D eigenvalue weighted by molar-refractivity contribution is 7.20. The first-order valence-electron chi connectivity index (χ1n) is 6.22. The number of thiophene rings is 1. The Kier molecular flexibility index (Phi) is 3.63. The lowest BCUT2D eigenvalue weighted by molar-refractivity contribution is 0.0986. The molecule has 0 spiro atoms. The van der Waals surface area contributed by atoms with Crippen LogP contribution in [0.15, 0.2) is 24.3 Å². The van der Waals surface area contributed by atoms with Gasteiger partial charge in [-0.25, -0.2) is 0 Å². The Morgan fingerprint density at radius 3 is 2.85 bits per heavy atom. The number of halogens is 2. The molecule has 1 aliphatic heterocycles. The number of carbonyl (C=O) groups is 1. The van der Waals surface area contributed by atoms with Crippen molar-refractivity contribution in [1.29, 1.82) is 0 Å². The molecule has 1 amide bonds. The fourth-order valence-corrected chi connectivity index (χ4v) is 3.94. The van der Waals surface area contributed by atoms with Crippen LogP contribution < -0.4 is 10.6 Å². The van der Waals surface area contributed by atoms with Crippen molar-refractivity contribution in [2.45, 2.75) is 12.8 Å². The van der Waals surface area contributed by atoms with Gasteiger partial charge >= 0.3 is 0 Å². The minimum Gasteiger partial charge on any atom is -0.398 e. The van der Waals surface area contributed by atoms with Crippen molar-refractivity contribution in [2.75, 3.05) is 17.2 Å². The molecule has 0 radical (unpaired) electrons. The molecular formula is C14H12Cl2N2OS. The fraction of sp³-hybridized carbons (Fsp3) is 0.214. The summed E-state index contributed by atoms with van der Waals surface area (Å²) < 4.78 is 0.944. The summed E-state index contributed by atoms with van der Waals surface area (Å²) in [6.45, 7) is 0.666. The van der Waals surface area contributed by atoms with E-state index in [1.165, 1.54) is 11.3 Å². The number of hydrogen-bond donors (Lipinski definition) is 1. The maximum Gasteiger partial charge on any atom is 0.260 e. The third-order valence-electron chi connectivity index (χ3n) is 3.42. The van der Waals surface area contributed by atoms with Gasteiger partial charge in [0.1, 0.15) is 4.34 Å². The van der Waals surface area contributed by atoms with Crippen LogP contribution in [0.4, 0.5) is 11.4 Å². The van der Waals surface area contributed by atoms with Gasteiger partial charge < -0.3 is 10.6 Å². The molecule has 2 heterocycles. The second-order valence-corrected chi connectivity index (χ2v) is 6.93. The summed E-state index contributed by atoms with van der Waals surface area (Å²) in [7, 11) is 0. The number of benzene rings is 1. The predicted octanol–water partition coefficient (Wildman–Crippen LogP) is 4.23. The Labute approximate surface area is 130 Å². The van der Waals surface area contributed by atoms with Crippen LogP contribution in [0.2, 0.25) is 8.67 Å². The summed E-state index contributed by atoms with van der Waals surface area (Å²) in [5, 5.41) is 0. The average molecular weight is 327 g/mol. The SMILES string of the molecule is Nc1cccc2c1CCCN2C(=O)c1cc(Cl)sc1Cl. The van der Waals surface area contributed by atoms with Crippen molar-refractivity contribution in [2.24, 2.45) is 0 Å². The molecule has 1 aromatic heterocycles. The number of carbonyl (C=O) groups excluding carboxylic acids is 1. The topological polar surface area (TPSA) is 46.3 Å². The maximum atomic E-state index is 12.7. The van der Waals surface area contributed by atoms with Gasteiger partial charge in [-0.3, -0.25) is 4.79 Å². The van der Waals surface area contributed by atoms with Crippen LogP contribution in [-0.2, 0) is 6.42 Å². The van der Waals surface area contributed by atoms with Crippen molar-refractivity contribution < 1.29 is 4.79 Å². The molecule has 104 valence electrons. The number of rotatable bonds is 1. The van der Waals surface area contributed by atoms with E-state index in [1.807, 2.05) is 18.2 Å². The first-order valence-corrected chi connectivity index (χ1v) is 7.79. The highest BCUT2D eigenvalue weighted by Crippen LogP contribution is 2.36. The van der Waals surface area contributed by atoms with Crippen molar-refractivity contribution in [1.82, 2.24) is 0 Å². The molecule has 0 unspecified atom stereocenters. The van der Waals surface area contributed by atoms with E-state index in [0.717, 1.165) is 29.8 Å². The average Bonchev–Trinajstić information content (AvgIpc) is 2.77. The number of nitrogens with two attached hydrogens (primary N) is 1. The van der Waals surface area contributed by atoms with Crippen LogP contribution in [0.25, 0.3) is 0 Å². The quantitative estimate of drug-likeness (QED) is 0.797. The summed E-state index contributed by atoms with van der Waals surface area (Å²) in [5.41, 5.74) is 9.09. The van der Waals surface area contributed by atoms with Crippen LogP contribution in [0, 0.1) is 0 Å². The van der Waals surface area contributed by atoms with E-state index < -0.39 is 0 Å². The van der Waals surface area contributed by atoms with Crippen molar-refractivity contribution >= 4 is 51.8 Å². The lowest BCUT2D eigenvalue weighted by Gasteiger charge is -2.30. The first kappa shape index (κ1) is 13.7. The van der Waals surface area contributed by atoms with E-state index in [0.29, 0.717) is 20.8 Å². The minimum absolute atomic E-state index is 0.121. The summed E-state index contributed by atoms with van der Waals surface area (Å²) in [4.78, 5) is 14.4. The first-order chi connectivity index (χ1) is 9.58. The van der Waals surface area contributed by atoms with E-state index in [2.05, 4.69) is 0 Å². The summed E-state index contributed by atoms with van der Waals surface area (Å²) in [6, 6.07) is 7.27. The molecule has 0 fully saturated rings. The van der Waals surface area contributed by atoms with Crippen LogP contribution in [-0.4, -0.2) is 12.5 Å². The predicted molar refractivity (Wildman–Crippen MR) is 85.2 cm³/mol. The highest BCUT2D eigenvalue weighted by Gasteiger charge is 2.27. The zero-order chi connectivity index (χ0) is 14.3. The van der Waals surface area contributed by atoms with E-state index >= 15 is 0 Å². The molecule has 3 nitrogen and oxygen atoms in total. The molecule has 0 atom stereocenters. The third-order valence-corrected chi connectivity index (χ3v) is 4.91. The van der Waals surface area contributed by atoms with Crippen LogP contribution >= 0.6 is 34.5 Å². The molecule has 2 aromatic rings. The molecule has 3 rings (SSSR count). The molecule has 0 saturated heterocycles. The minimum atomic E-state index is -0.121. The zero-order valence-corrected chi connectivity index (χ0v) is 12.9. The Balaban J connectivity index is 2.03. The molecule has 0 aliphatic carbocycles. The fourth-order valence-electron chi connectivity index (χ4n) is 2.49. The lowest BCUT2D eigenvalue weighted by atomic mass is 9.99. The Hall–Kier alpha value is -1.23. The van der Waals surface area contributed by atoms with E-state index in [4.69, 9.17) is 28.9 Å². The number of nitrogen functional groups attached to an aromatic ring is 1. The van der Waals surface area contributed by atoms with Gasteiger partial charge in [0.25, 0.3) is 5.91 Å². The van der Waals surface area contributed by atoms with Gasteiger partial charge in [-0.05, 0) is 36.6 Å². The highest BCUT2D eigenvalue weighted by atomic mass is 35.5. The molecule has 2 N–H and O–H groups in total. The van der Waals surface area contributed by atoms with Gasteiger partial charge in [-0.15, -0.1) is 11.3 Å². The standard InChI is InChI=1S/C14H12Cl2N2OS/c15-12-7-9(13(16)20-12)14(19)18-6-2-3-8-10(17)4-1-5-11(8)18/h1,4-5,7H,2-3,6,17H2.